The second kappa shape index (κ2) is 6.54. The third-order valence-corrected chi connectivity index (χ3v) is 7.48. The normalized spacial score (nSPS) is 16.9. The molecule has 1 fully saturated rings. The van der Waals surface area contributed by atoms with Crippen LogP contribution in [0.15, 0.2) is 54.2 Å². The van der Waals surface area contributed by atoms with E-state index in [1.54, 1.807) is 33.3 Å². The minimum absolute atomic E-state index is 0.176. The van der Waals surface area contributed by atoms with E-state index < -0.39 is 10.0 Å². The molecular formula is C18H17ClN6O2S. The molecule has 4 aromatic heterocycles. The summed E-state index contributed by atoms with van der Waals surface area (Å²) in [5.74, 6) is 0.176. The van der Waals surface area contributed by atoms with Crippen molar-refractivity contribution >= 4 is 32.9 Å². The minimum atomic E-state index is -3.61. The molecule has 10 heteroatoms. The van der Waals surface area contributed by atoms with Gasteiger partial charge in [-0.2, -0.15) is 9.40 Å². The van der Waals surface area contributed by atoms with Crippen LogP contribution in [-0.4, -0.2) is 49.8 Å². The molecule has 0 amide bonds. The quantitative estimate of drug-likeness (QED) is 0.512. The van der Waals surface area contributed by atoms with Crippen molar-refractivity contribution in [2.45, 2.75) is 23.8 Å². The smallest absolute Gasteiger partial charge is 0.260 e. The van der Waals surface area contributed by atoms with Crippen LogP contribution in [0.25, 0.3) is 11.3 Å². The van der Waals surface area contributed by atoms with Crippen LogP contribution in [0.5, 0.6) is 0 Å². The summed E-state index contributed by atoms with van der Waals surface area (Å²) >= 11 is 6.44. The van der Waals surface area contributed by atoms with Crippen LogP contribution in [0.2, 0.25) is 5.02 Å². The van der Waals surface area contributed by atoms with E-state index in [-0.39, 0.29) is 10.9 Å². The van der Waals surface area contributed by atoms with Crippen LogP contribution in [-0.2, 0) is 10.0 Å². The van der Waals surface area contributed by atoms with Gasteiger partial charge in [-0.05, 0) is 36.5 Å². The lowest BCUT2D eigenvalue weighted by Crippen LogP contribution is -2.38. The number of sulfonamides is 1. The Morgan fingerprint density at radius 2 is 1.93 bits per heavy atom. The lowest BCUT2D eigenvalue weighted by molar-refractivity contribution is 0.318. The van der Waals surface area contributed by atoms with E-state index >= 15 is 0 Å². The van der Waals surface area contributed by atoms with E-state index in [4.69, 9.17) is 11.6 Å². The number of hydrogen-bond donors (Lipinski definition) is 0. The molecule has 5 heterocycles. The van der Waals surface area contributed by atoms with Gasteiger partial charge in [0.2, 0.25) is 0 Å². The maximum absolute atomic E-state index is 13.1. The fraction of sp³-hybridized carbons (Fsp3) is 0.278. The Kier molecular flexibility index (Phi) is 4.11. The lowest BCUT2D eigenvalue weighted by atomic mass is 9.91. The van der Waals surface area contributed by atoms with Crippen LogP contribution in [0.4, 0.5) is 0 Å². The van der Waals surface area contributed by atoms with Gasteiger partial charge in [0.05, 0.1) is 6.20 Å². The van der Waals surface area contributed by atoms with Crippen molar-refractivity contribution in [1.82, 2.24) is 28.3 Å². The molecule has 0 atom stereocenters. The highest BCUT2D eigenvalue weighted by Gasteiger charge is 2.32. The summed E-state index contributed by atoms with van der Waals surface area (Å²) in [5.41, 5.74) is 2.29. The standard InChI is InChI=1S/C18H17ClN6O2S/c19-15-9-17-21-12-22-25(17)11-14(15)13-4-7-23(8-5-13)28(26,27)18-10-20-16-3-1-2-6-24(16)18/h1-3,6,9-13H,4-5,7-8H2. The van der Waals surface area contributed by atoms with E-state index in [0.717, 1.165) is 5.56 Å². The van der Waals surface area contributed by atoms with E-state index in [9.17, 15) is 8.42 Å². The first-order valence-electron chi connectivity index (χ1n) is 8.95. The monoisotopic (exact) mass is 416 g/mol. The molecular weight excluding hydrogens is 400 g/mol. The molecule has 1 saturated heterocycles. The van der Waals surface area contributed by atoms with E-state index in [0.29, 0.717) is 42.2 Å². The van der Waals surface area contributed by atoms with Crippen LogP contribution >= 0.6 is 11.6 Å². The molecule has 0 bridgehead atoms. The predicted octanol–water partition coefficient (Wildman–Crippen LogP) is 2.60. The Morgan fingerprint density at radius 1 is 1.11 bits per heavy atom. The summed E-state index contributed by atoms with van der Waals surface area (Å²) in [6, 6.07) is 7.21. The largest absolute Gasteiger partial charge is 0.289 e. The minimum Gasteiger partial charge on any atom is -0.289 e. The summed E-state index contributed by atoms with van der Waals surface area (Å²) in [6.07, 6.45) is 7.90. The molecule has 0 N–H and O–H groups in total. The Hall–Kier alpha value is -2.49. The number of piperidine rings is 1. The summed E-state index contributed by atoms with van der Waals surface area (Å²) in [6.45, 7) is 0.859. The van der Waals surface area contributed by atoms with E-state index in [1.807, 2.05) is 12.3 Å². The molecule has 28 heavy (non-hydrogen) atoms. The highest BCUT2D eigenvalue weighted by molar-refractivity contribution is 7.89. The average Bonchev–Trinajstić information content (AvgIpc) is 3.34. The second-order valence-corrected chi connectivity index (χ2v) is 9.14. The zero-order chi connectivity index (χ0) is 19.3. The Morgan fingerprint density at radius 3 is 2.75 bits per heavy atom. The van der Waals surface area contributed by atoms with Gasteiger partial charge in [0.25, 0.3) is 10.0 Å². The van der Waals surface area contributed by atoms with Crippen LogP contribution in [0.3, 0.4) is 0 Å². The van der Waals surface area contributed by atoms with Crippen molar-refractivity contribution in [3.05, 3.63) is 59.8 Å². The van der Waals surface area contributed by atoms with Gasteiger partial charge in [-0.1, -0.05) is 17.7 Å². The van der Waals surface area contributed by atoms with Gasteiger partial charge < -0.3 is 0 Å². The number of halogens is 1. The van der Waals surface area contributed by atoms with Crippen molar-refractivity contribution in [3.63, 3.8) is 0 Å². The summed E-state index contributed by atoms with van der Waals surface area (Å²) in [5, 5.41) is 5.00. The van der Waals surface area contributed by atoms with Crippen molar-refractivity contribution in [2.75, 3.05) is 13.1 Å². The predicted molar refractivity (Wildman–Crippen MR) is 104 cm³/mol. The van der Waals surface area contributed by atoms with Crippen LogP contribution < -0.4 is 0 Å². The third kappa shape index (κ3) is 2.78. The van der Waals surface area contributed by atoms with Gasteiger partial charge in [0, 0.05) is 36.6 Å². The number of nitrogens with zero attached hydrogens (tertiary/aromatic N) is 6. The molecule has 144 valence electrons. The summed E-state index contributed by atoms with van der Waals surface area (Å²) < 4.78 is 31.1. The zero-order valence-electron chi connectivity index (χ0n) is 14.8. The topological polar surface area (TPSA) is 84.9 Å². The molecule has 0 aromatic carbocycles. The van der Waals surface area contributed by atoms with Gasteiger partial charge >= 0.3 is 0 Å². The number of aromatic nitrogens is 5. The number of hydrogen-bond acceptors (Lipinski definition) is 5. The summed E-state index contributed by atoms with van der Waals surface area (Å²) in [4.78, 5) is 8.34. The zero-order valence-corrected chi connectivity index (χ0v) is 16.4. The third-order valence-electron chi connectivity index (χ3n) is 5.27. The fourth-order valence-electron chi connectivity index (χ4n) is 3.79. The molecule has 0 radical (unpaired) electrons. The molecule has 5 rings (SSSR count). The maximum atomic E-state index is 13.1. The van der Waals surface area contributed by atoms with Gasteiger partial charge in [0.1, 0.15) is 12.0 Å². The highest BCUT2D eigenvalue weighted by atomic mass is 35.5. The first kappa shape index (κ1) is 17.6. The van der Waals surface area contributed by atoms with E-state index in [2.05, 4.69) is 15.1 Å². The molecule has 0 unspecified atom stereocenters. The molecule has 1 aliphatic rings. The first-order valence-corrected chi connectivity index (χ1v) is 10.8. The molecule has 8 nitrogen and oxygen atoms in total. The number of rotatable bonds is 3. The molecule has 0 saturated carbocycles. The van der Waals surface area contributed by atoms with Crippen molar-refractivity contribution in [2.24, 2.45) is 0 Å². The van der Waals surface area contributed by atoms with Crippen molar-refractivity contribution in [1.29, 1.82) is 0 Å². The highest BCUT2D eigenvalue weighted by Crippen LogP contribution is 2.34. The maximum Gasteiger partial charge on any atom is 0.260 e. The number of imidazole rings is 1. The van der Waals surface area contributed by atoms with E-state index in [1.165, 1.54) is 16.8 Å². The Balaban J connectivity index is 1.39. The average molecular weight is 417 g/mol. The first-order chi connectivity index (χ1) is 13.5. The second-order valence-electron chi connectivity index (χ2n) is 6.84. The Labute approximate surface area is 166 Å². The van der Waals surface area contributed by atoms with Gasteiger partial charge in [-0.3, -0.25) is 4.40 Å². The SMILES string of the molecule is O=S(=O)(c1cnc2ccccn12)N1CCC(c2cn3ncnc3cc2Cl)CC1. The Bertz CT molecular complexity index is 1270. The number of fused-ring (bicyclic) bond motifs is 2. The lowest BCUT2D eigenvalue weighted by Gasteiger charge is -2.31. The van der Waals surface area contributed by atoms with Crippen LogP contribution in [0, 0.1) is 0 Å². The molecule has 1 aliphatic heterocycles. The molecule has 0 aliphatic carbocycles. The number of pyridine rings is 2. The molecule has 0 spiro atoms. The van der Waals surface area contributed by atoms with Gasteiger partial charge in [-0.15, -0.1) is 0 Å². The van der Waals surface area contributed by atoms with Crippen LogP contribution in [0.1, 0.15) is 24.3 Å². The summed E-state index contributed by atoms with van der Waals surface area (Å²) in [7, 11) is -3.61. The molecule has 4 aromatic rings. The van der Waals surface area contributed by atoms with Crippen molar-refractivity contribution in [3.8, 4) is 0 Å². The van der Waals surface area contributed by atoms with Gasteiger partial charge in [0.15, 0.2) is 10.7 Å². The van der Waals surface area contributed by atoms with Crippen molar-refractivity contribution < 1.29 is 8.42 Å². The fourth-order valence-corrected chi connectivity index (χ4v) is 5.64. The van der Waals surface area contributed by atoms with Gasteiger partial charge in [-0.25, -0.2) is 22.9 Å².